The number of benzene rings is 1. The molecule has 0 unspecified atom stereocenters. The van der Waals surface area contributed by atoms with E-state index in [2.05, 4.69) is 0 Å². The SMILES string of the molecule is C[C@@]12CCC(=O)N1[C@@H](c1ccccc1)COC2=O. The van der Waals surface area contributed by atoms with Crippen molar-refractivity contribution in [2.75, 3.05) is 6.61 Å². The predicted molar refractivity (Wildman–Crippen MR) is 64.6 cm³/mol. The van der Waals surface area contributed by atoms with Crippen molar-refractivity contribution in [3.05, 3.63) is 35.9 Å². The van der Waals surface area contributed by atoms with E-state index < -0.39 is 5.54 Å². The van der Waals surface area contributed by atoms with Crippen LogP contribution in [-0.2, 0) is 14.3 Å². The van der Waals surface area contributed by atoms with E-state index in [1.807, 2.05) is 30.3 Å². The molecular formula is C14H15NO3. The minimum Gasteiger partial charge on any atom is -0.461 e. The lowest BCUT2D eigenvalue weighted by atomic mass is 9.93. The molecule has 0 saturated carbocycles. The number of hydrogen-bond donors (Lipinski definition) is 0. The van der Waals surface area contributed by atoms with E-state index in [4.69, 9.17) is 4.74 Å². The number of cyclic esters (lactones) is 1. The monoisotopic (exact) mass is 245 g/mol. The van der Waals surface area contributed by atoms with Crippen LogP contribution in [0.25, 0.3) is 0 Å². The van der Waals surface area contributed by atoms with Gasteiger partial charge in [-0.2, -0.15) is 0 Å². The molecular weight excluding hydrogens is 230 g/mol. The van der Waals surface area contributed by atoms with Crippen molar-refractivity contribution in [1.82, 2.24) is 4.90 Å². The fourth-order valence-electron chi connectivity index (χ4n) is 2.89. The van der Waals surface area contributed by atoms with Gasteiger partial charge in [0.2, 0.25) is 5.91 Å². The van der Waals surface area contributed by atoms with Crippen LogP contribution in [0.15, 0.2) is 30.3 Å². The number of carbonyl (C=O) groups excluding carboxylic acids is 2. The van der Waals surface area contributed by atoms with E-state index in [1.165, 1.54) is 0 Å². The van der Waals surface area contributed by atoms with Crippen LogP contribution in [0.5, 0.6) is 0 Å². The first kappa shape index (κ1) is 11.3. The van der Waals surface area contributed by atoms with Gasteiger partial charge in [0.05, 0.1) is 6.04 Å². The molecule has 3 rings (SSSR count). The molecule has 1 aromatic carbocycles. The average Bonchev–Trinajstić information content (AvgIpc) is 2.70. The standard InChI is InChI=1S/C14H15NO3/c1-14-8-7-12(16)15(14)11(9-18-13(14)17)10-5-3-2-4-6-10/h2-6,11H,7-9H2,1H3/t11-,14+/m1/s1. The zero-order valence-electron chi connectivity index (χ0n) is 10.3. The fourth-order valence-corrected chi connectivity index (χ4v) is 2.89. The van der Waals surface area contributed by atoms with Crippen LogP contribution in [0, 0.1) is 0 Å². The minimum absolute atomic E-state index is 0.0444. The summed E-state index contributed by atoms with van der Waals surface area (Å²) < 4.78 is 5.28. The summed E-state index contributed by atoms with van der Waals surface area (Å²) in [5.41, 5.74) is 0.238. The Hall–Kier alpha value is -1.84. The van der Waals surface area contributed by atoms with Crippen molar-refractivity contribution in [2.24, 2.45) is 0 Å². The normalized spacial score (nSPS) is 31.2. The Bertz CT molecular complexity index is 499. The van der Waals surface area contributed by atoms with Crippen LogP contribution in [-0.4, -0.2) is 28.9 Å². The molecule has 2 aliphatic rings. The summed E-state index contributed by atoms with van der Waals surface area (Å²) in [6.45, 7) is 2.06. The maximum absolute atomic E-state index is 12.1. The van der Waals surface area contributed by atoms with Crippen molar-refractivity contribution >= 4 is 11.9 Å². The van der Waals surface area contributed by atoms with E-state index in [0.717, 1.165) is 5.56 Å². The van der Waals surface area contributed by atoms with Gasteiger partial charge in [-0.1, -0.05) is 30.3 Å². The van der Waals surface area contributed by atoms with E-state index in [-0.39, 0.29) is 24.5 Å². The molecule has 2 fully saturated rings. The molecule has 0 radical (unpaired) electrons. The van der Waals surface area contributed by atoms with Crippen LogP contribution < -0.4 is 0 Å². The van der Waals surface area contributed by atoms with Crippen molar-refractivity contribution in [3.8, 4) is 0 Å². The third-order valence-electron chi connectivity index (χ3n) is 3.93. The second-order valence-corrected chi connectivity index (χ2v) is 5.06. The first-order chi connectivity index (χ1) is 8.63. The van der Waals surface area contributed by atoms with Gasteiger partial charge in [-0.25, -0.2) is 4.79 Å². The van der Waals surface area contributed by atoms with Crippen molar-refractivity contribution in [3.63, 3.8) is 0 Å². The summed E-state index contributed by atoms with van der Waals surface area (Å²) in [4.78, 5) is 25.7. The van der Waals surface area contributed by atoms with E-state index >= 15 is 0 Å². The number of nitrogens with zero attached hydrogens (tertiary/aromatic N) is 1. The van der Waals surface area contributed by atoms with E-state index in [0.29, 0.717) is 12.8 Å². The zero-order chi connectivity index (χ0) is 12.8. The average molecular weight is 245 g/mol. The number of carbonyl (C=O) groups is 2. The summed E-state index contributed by atoms with van der Waals surface area (Å²) in [5.74, 6) is -0.233. The molecule has 18 heavy (non-hydrogen) atoms. The Morgan fingerprint density at radius 1 is 1.28 bits per heavy atom. The molecule has 0 N–H and O–H groups in total. The Labute approximate surface area is 106 Å². The molecule has 94 valence electrons. The third kappa shape index (κ3) is 1.45. The lowest BCUT2D eigenvalue weighted by molar-refractivity contribution is -0.175. The van der Waals surface area contributed by atoms with Gasteiger partial charge < -0.3 is 9.64 Å². The zero-order valence-corrected chi connectivity index (χ0v) is 10.3. The smallest absolute Gasteiger partial charge is 0.331 e. The highest BCUT2D eigenvalue weighted by atomic mass is 16.5. The maximum atomic E-state index is 12.1. The molecule has 1 aromatic rings. The quantitative estimate of drug-likeness (QED) is 0.707. The lowest BCUT2D eigenvalue weighted by Gasteiger charge is -2.43. The third-order valence-corrected chi connectivity index (χ3v) is 3.93. The number of morpholine rings is 1. The second-order valence-electron chi connectivity index (χ2n) is 5.06. The summed E-state index contributed by atoms with van der Waals surface area (Å²) in [6, 6.07) is 9.59. The predicted octanol–water partition coefficient (Wildman–Crippen LogP) is 1.67. The van der Waals surface area contributed by atoms with E-state index in [1.54, 1.807) is 11.8 Å². The highest BCUT2D eigenvalue weighted by Crippen LogP contribution is 2.41. The number of rotatable bonds is 1. The molecule has 2 aliphatic heterocycles. The van der Waals surface area contributed by atoms with Crippen LogP contribution in [0.1, 0.15) is 31.4 Å². The highest BCUT2D eigenvalue weighted by Gasteiger charge is 2.54. The molecule has 4 nitrogen and oxygen atoms in total. The topological polar surface area (TPSA) is 46.6 Å². The fraction of sp³-hybridized carbons (Fsp3) is 0.429. The van der Waals surface area contributed by atoms with Gasteiger partial charge in [-0.15, -0.1) is 0 Å². The van der Waals surface area contributed by atoms with Crippen LogP contribution in [0.3, 0.4) is 0 Å². The second kappa shape index (κ2) is 3.83. The molecule has 2 saturated heterocycles. The Kier molecular flexibility index (Phi) is 2.40. The van der Waals surface area contributed by atoms with Crippen molar-refractivity contribution in [2.45, 2.75) is 31.3 Å². The number of esters is 1. The van der Waals surface area contributed by atoms with Gasteiger partial charge in [0.25, 0.3) is 0 Å². The summed E-state index contributed by atoms with van der Waals surface area (Å²) >= 11 is 0. The van der Waals surface area contributed by atoms with Gasteiger partial charge in [0.1, 0.15) is 12.1 Å². The van der Waals surface area contributed by atoms with Gasteiger partial charge in [0, 0.05) is 6.42 Å². The number of ether oxygens (including phenoxy) is 1. The van der Waals surface area contributed by atoms with Gasteiger partial charge in [-0.3, -0.25) is 4.79 Å². The van der Waals surface area contributed by atoms with Gasteiger partial charge in [0.15, 0.2) is 0 Å². The van der Waals surface area contributed by atoms with Crippen molar-refractivity contribution < 1.29 is 14.3 Å². The Morgan fingerprint density at radius 3 is 2.72 bits per heavy atom. The molecule has 2 heterocycles. The first-order valence-electron chi connectivity index (χ1n) is 6.17. The Balaban J connectivity index is 2.02. The number of amides is 1. The lowest BCUT2D eigenvalue weighted by Crippen LogP contribution is -2.57. The molecule has 2 atom stereocenters. The van der Waals surface area contributed by atoms with Crippen LogP contribution >= 0.6 is 0 Å². The summed E-state index contributed by atoms with van der Waals surface area (Å²) in [7, 11) is 0. The van der Waals surface area contributed by atoms with Gasteiger partial charge >= 0.3 is 5.97 Å². The molecule has 0 aromatic heterocycles. The molecule has 1 amide bonds. The van der Waals surface area contributed by atoms with Crippen LogP contribution in [0.4, 0.5) is 0 Å². The minimum atomic E-state index is -0.782. The van der Waals surface area contributed by atoms with Gasteiger partial charge in [-0.05, 0) is 18.9 Å². The van der Waals surface area contributed by atoms with Crippen molar-refractivity contribution in [1.29, 1.82) is 0 Å². The number of fused-ring (bicyclic) bond motifs is 1. The molecule has 0 spiro atoms. The molecule has 0 bridgehead atoms. The maximum Gasteiger partial charge on any atom is 0.331 e. The summed E-state index contributed by atoms with van der Waals surface area (Å²) in [5, 5.41) is 0. The van der Waals surface area contributed by atoms with Crippen LogP contribution in [0.2, 0.25) is 0 Å². The molecule has 4 heteroatoms. The largest absolute Gasteiger partial charge is 0.461 e. The highest BCUT2D eigenvalue weighted by molar-refractivity contribution is 5.92. The molecule has 0 aliphatic carbocycles. The van der Waals surface area contributed by atoms with E-state index in [9.17, 15) is 9.59 Å². The number of hydrogen-bond acceptors (Lipinski definition) is 3. The first-order valence-corrected chi connectivity index (χ1v) is 6.17. The summed E-state index contributed by atoms with van der Waals surface area (Å²) in [6.07, 6.45) is 0.975. The Morgan fingerprint density at radius 2 is 2.00 bits per heavy atom.